The Labute approximate surface area is 142 Å². The molecule has 0 aliphatic rings. The zero-order valence-corrected chi connectivity index (χ0v) is 13.4. The van der Waals surface area contributed by atoms with E-state index in [9.17, 15) is 17.6 Å². The molecule has 2 aromatic carbocycles. The van der Waals surface area contributed by atoms with E-state index in [1.165, 1.54) is 0 Å². The van der Waals surface area contributed by atoms with E-state index in [4.69, 9.17) is 10.5 Å². The van der Waals surface area contributed by atoms with Crippen LogP contribution in [0.2, 0.25) is 0 Å². The van der Waals surface area contributed by atoms with Crippen LogP contribution in [0.25, 0.3) is 0 Å². The Balaban J connectivity index is 2.17. The first-order chi connectivity index (χ1) is 11.8. The first-order valence-electron chi connectivity index (χ1n) is 7.30. The number of halogens is 4. The molecule has 0 heterocycles. The maximum atomic E-state index is 13.1. The van der Waals surface area contributed by atoms with Crippen LogP contribution in [0.15, 0.2) is 47.5 Å². The predicted molar refractivity (Wildman–Crippen MR) is 87.5 cm³/mol. The Morgan fingerprint density at radius 3 is 2.56 bits per heavy atom. The van der Waals surface area contributed by atoms with Gasteiger partial charge in [0.1, 0.15) is 5.82 Å². The molecule has 0 aliphatic heterocycles. The van der Waals surface area contributed by atoms with Crippen molar-refractivity contribution < 1.29 is 22.3 Å². The van der Waals surface area contributed by atoms with Crippen LogP contribution < -0.4 is 11.1 Å². The number of hydrogen-bond acceptors (Lipinski definition) is 2. The summed E-state index contributed by atoms with van der Waals surface area (Å²) >= 11 is 0. The van der Waals surface area contributed by atoms with Gasteiger partial charge in [-0.15, -0.1) is 0 Å². The van der Waals surface area contributed by atoms with E-state index in [0.717, 1.165) is 17.7 Å². The summed E-state index contributed by atoms with van der Waals surface area (Å²) in [6, 6.07) is 9.61. The second kappa shape index (κ2) is 7.98. The number of methoxy groups -OCH3 is 1. The van der Waals surface area contributed by atoms with Crippen LogP contribution in [-0.2, 0) is 24.1 Å². The van der Waals surface area contributed by atoms with Crippen molar-refractivity contribution in [3.05, 3.63) is 65.0 Å². The summed E-state index contributed by atoms with van der Waals surface area (Å²) in [5.74, 6) is -1.01. The molecule has 0 atom stereocenters. The number of nitrogens with two attached hydrogens (primary N) is 1. The standard InChI is InChI=1S/C17H17F4N3O/c1-25-10-12-4-2-3-5-15(12)24-16(22)23-9-11-6-7-13(18)8-14(11)17(19,20)21/h2-8H,9-10H2,1H3,(H3,22,23,24). The van der Waals surface area contributed by atoms with Gasteiger partial charge < -0.3 is 15.8 Å². The normalized spacial score (nSPS) is 12.3. The van der Waals surface area contributed by atoms with Gasteiger partial charge in [-0.1, -0.05) is 24.3 Å². The summed E-state index contributed by atoms with van der Waals surface area (Å²) in [6.45, 7) is 0.00698. The van der Waals surface area contributed by atoms with Crippen molar-refractivity contribution in [1.82, 2.24) is 0 Å². The highest BCUT2D eigenvalue weighted by Gasteiger charge is 2.33. The molecule has 0 saturated carbocycles. The van der Waals surface area contributed by atoms with Gasteiger partial charge in [-0.25, -0.2) is 9.38 Å². The van der Waals surface area contributed by atoms with Crippen LogP contribution in [0.5, 0.6) is 0 Å². The van der Waals surface area contributed by atoms with Crippen LogP contribution in [0.4, 0.5) is 23.2 Å². The molecule has 8 heteroatoms. The summed E-state index contributed by atoms with van der Waals surface area (Å²) in [5.41, 5.74) is 5.98. The number of anilines is 1. The number of guanidine groups is 1. The van der Waals surface area contributed by atoms with Gasteiger partial charge in [0, 0.05) is 18.4 Å². The van der Waals surface area contributed by atoms with Crippen molar-refractivity contribution in [2.45, 2.75) is 19.3 Å². The van der Waals surface area contributed by atoms with E-state index in [2.05, 4.69) is 10.3 Å². The molecule has 0 aliphatic carbocycles. The number of ether oxygens (including phenoxy) is 1. The third kappa shape index (κ3) is 5.18. The fourth-order valence-electron chi connectivity index (χ4n) is 2.22. The predicted octanol–water partition coefficient (Wildman–Crippen LogP) is 3.92. The molecule has 25 heavy (non-hydrogen) atoms. The molecule has 2 aromatic rings. The molecule has 0 fully saturated rings. The van der Waals surface area contributed by atoms with Gasteiger partial charge in [0.15, 0.2) is 5.96 Å². The van der Waals surface area contributed by atoms with Crippen molar-refractivity contribution in [1.29, 1.82) is 0 Å². The lowest BCUT2D eigenvalue weighted by Crippen LogP contribution is -2.23. The van der Waals surface area contributed by atoms with E-state index in [1.807, 2.05) is 12.1 Å². The number of alkyl halides is 3. The van der Waals surface area contributed by atoms with Crippen molar-refractivity contribution in [3.63, 3.8) is 0 Å². The molecule has 0 amide bonds. The lowest BCUT2D eigenvalue weighted by atomic mass is 10.1. The van der Waals surface area contributed by atoms with Crippen molar-refractivity contribution in [2.75, 3.05) is 12.4 Å². The smallest absolute Gasteiger partial charge is 0.380 e. The molecule has 0 unspecified atom stereocenters. The SMILES string of the molecule is COCc1ccccc1NC(N)=NCc1ccc(F)cc1C(F)(F)F. The Morgan fingerprint density at radius 2 is 1.88 bits per heavy atom. The van der Waals surface area contributed by atoms with Crippen LogP contribution in [0, 0.1) is 5.82 Å². The Bertz CT molecular complexity index is 760. The number of aliphatic imine (C=N–C) groups is 1. The van der Waals surface area contributed by atoms with E-state index in [0.29, 0.717) is 18.4 Å². The maximum Gasteiger partial charge on any atom is 0.416 e. The summed E-state index contributed by atoms with van der Waals surface area (Å²) < 4.78 is 57.0. The minimum Gasteiger partial charge on any atom is -0.380 e. The molecular formula is C17H17F4N3O. The van der Waals surface area contributed by atoms with Gasteiger partial charge in [-0.05, 0) is 23.8 Å². The number of nitrogens with zero attached hydrogens (tertiary/aromatic N) is 1. The van der Waals surface area contributed by atoms with Gasteiger partial charge in [-0.3, -0.25) is 0 Å². The van der Waals surface area contributed by atoms with Crippen LogP contribution in [0.3, 0.4) is 0 Å². The fraction of sp³-hybridized carbons (Fsp3) is 0.235. The van der Waals surface area contributed by atoms with Gasteiger partial charge in [0.2, 0.25) is 0 Å². The first kappa shape index (κ1) is 18.7. The fourth-order valence-corrected chi connectivity index (χ4v) is 2.22. The zero-order chi connectivity index (χ0) is 18.4. The summed E-state index contributed by atoms with van der Waals surface area (Å²) in [5, 5.41) is 2.83. The summed E-state index contributed by atoms with van der Waals surface area (Å²) in [7, 11) is 1.54. The summed E-state index contributed by atoms with van der Waals surface area (Å²) in [4.78, 5) is 3.91. The lowest BCUT2D eigenvalue weighted by molar-refractivity contribution is -0.138. The largest absolute Gasteiger partial charge is 0.416 e. The van der Waals surface area contributed by atoms with E-state index >= 15 is 0 Å². The highest BCUT2D eigenvalue weighted by molar-refractivity contribution is 5.92. The van der Waals surface area contributed by atoms with Gasteiger partial charge in [-0.2, -0.15) is 13.2 Å². The molecule has 0 saturated heterocycles. The number of nitrogens with one attached hydrogen (secondary N) is 1. The van der Waals surface area contributed by atoms with Crippen molar-refractivity contribution >= 4 is 11.6 Å². The second-order valence-corrected chi connectivity index (χ2v) is 5.22. The topological polar surface area (TPSA) is 59.6 Å². The average molecular weight is 355 g/mol. The molecular weight excluding hydrogens is 338 g/mol. The van der Waals surface area contributed by atoms with Crippen molar-refractivity contribution in [2.24, 2.45) is 10.7 Å². The first-order valence-corrected chi connectivity index (χ1v) is 7.30. The molecule has 0 aromatic heterocycles. The minimum absolute atomic E-state index is 0.0546. The third-order valence-electron chi connectivity index (χ3n) is 3.38. The monoisotopic (exact) mass is 355 g/mol. The van der Waals surface area contributed by atoms with Crippen LogP contribution in [-0.4, -0.2) is 13.1 Å². The number of para-hydroxylation sites is 1. The van der Waals surface area contributed by atoms with E-state index < -0.39 is 17.6 Å². The molecule has 0 bridgehead atoms. The second-order valence-electron chi connectivity index (χ2n) is 5.22. The molecule has 0 spiro atoms. The average Bonchev–Trinajstić information content (AvgIpc) is 2.55. The van der Waals surface area contributed by atoms with Crippen LogP contribution >= 0.6 is 0 Å². The highest BCUT2D eigenvalue weighted by atomic mass is 19.4. The lowest BCUT2D eigenvalue weighted by Gasteiger charge is -2.13. The number of rotatable bonds is 5. The maximum absolute atomic E-state index is 13.1. The minimum atomic E-state index is -4.67. The van der Waals surface area contributed by atoms with Gasteiger partial charge in [0.25, 0.3) is 0 Å². The molecule has 134 valence electrons. The Hall–Kier alpha value is -2.61. The van der Waals surface area contributed by atoms with Gasteiger partial charge >= 0.3 is 6.18 Å². The van der Waals surface area contributed by atoms with E-state index in [-0.39, 0.29) is 18.1 Å². The highest BCUT2D eigenvalue weighted by Crippen LogP contribution is 2.32. The Kier molecular flexibility index (Phi) is 5.97. The Morgan fingerprint density at radius 1 is 1.16 bits per heavy atom. The summed E-state index contributed by atoms with van der Waals surface area (Å²) in [6.07, 6.45) is -4.67. The zero-order valence-electron chi connectivity index (χ0n) is 13.4. The quantitative estimate of drug-likeness (QED) is 0.486. The number of benzene rings is 2. The molecule has 0 radical (unpaired) electrons. The number of hydrogen-bond donors (Lipinski definition) is 2. The van der Waals surface area contributed by atoms with Crippen molar-refractivity contribution in [3.8, 4) is 0 Å². The van der Waals surface area contributed by atoms with Crippen LogP contribution in [0.1, 0.15) is 16.7 Å². The van der Waals surface area contributed by atoms with Gasteiger partial charge in [0.05, 0.1) is 18.7 Å². The molecule has 2 rings (SSSR count). The van der Waals surface area contributed by atoms with E-state index in [1.54, 1.807) is 19.2 Å². The molecule has 3 N–H and O–H groups in total. The molecule has 4 nitrogen and oxygen atoms in total. The third-order valence-corrected chi connectivity index (χ3v) is 3.38.